The van der Waals surface area contributed by atoms with Crippen LogP contribution in [-0.2, 0) is 4.74 Å². The van der Waals surface area contributed by atoms with Gasteiger partial charge in [0.05, 0.1) is 5.60 Å². The summed E-state index contributed by atoms with van der Waals surface area (Å²) < 4.78 is 5.63. The molecule has 0 bridgehead atoms. The second-order valence-electron chi connectivity index (χ2n) is 3.92. The zero-order valence-electron chi connectivity index (χ0n) is 8.10. The Hall–Kier alpha value is -0.120. The Kier molecular flexibility index (Phi) is 3.50. The van der Waals surface area contributed by atoms with Crippen LogP contribution in [0.25, 0.3) is 0 Å². The Morgan fingerprint density at radius 2 is 2.42 bits per heavy atom. The highest BCUT2D eigenvalue weighted by Crippen LogP contribution is 2.23. The van der Waals surface area contributed by atoms with Crippen LogP contribution in [0.3, 0.4) is 0 Å². The molecule has 1 saturated heterocycles. The molecule has 0 aliphatic carbocycles. The van der Waals surface area contributed by atoms with Crippen molar-refractivity contribution in [2.45, 2.75) is 38.3 Å². The van der Waals surface area contributed by atoms with Crippen molar-refractivity contribution in [1.82, 2.24) is 5.32 Å². The molecule has 1 aliphatic heterocycles. The third-order valence-electron chi connectivity index (χ3n) is 2.48. The van der Waals surface area contributed by atoms with Gasteiger partial charge in [0.1, 0.15) is 0 Å². The third kappa shape index (κ3) is 2.73. The van der Waals surface area contributed by atoms with Crippen LogP contribution in [0.15, 0.2) is 0 Å². The van der Waals surface area contributed by atoms with Crippen molar-refractivity contribution in [1.29, 1.82) is 0 Å². The average molecular weight is 172 g/mol. The van der Waals surface area contributed by atoms with Gasteiger partial charge in [-0.15, -0.1) is 0 Å². The molecule has 12 heavy (non-hydrogen) atoms. The van der Waals surface area contributed by atoms with Crippen molar-refractivity contribution in [3.63, 3.8) is 0 Å². The predicted octanol–water partition coefficient (Wildman–Crippen LogP) is 0.492. The first-order chi connectivity index (χ1) is 5.66. The van der Waals surface area contributed by atoms with Crippen LogP contribution < -0.4 is 11.1 Å². The lowest BCUT2D eigenvalue weighted by Crippen LogP contribution is -2.43. The van der Waals surface area contributed by atoms with Crippen molar-refractivity contribution in [2.75, 3.05) is 19.7 Å². The molecule has 0 radical (unpaired) electrons. The molecular weight excluding hydrogens is 152 g/mol. The summed E-state index contributed by atoms with van der Waals surface area (Å²) in [6.07, 6.45) is 2.35. The standard InChI is InChI=1S/C9H20N2O/c1-8(6-10)11-7-9(2)4-3-5-12-9/h8,11H,3-7,10H2,1-2H3/t8-,9?/m1/s1. The van der Waals surface area contributed by atoms with Gasteiger partial charge in [-0.3, -0.25) is 0 Å². The van der Waals surface area contributed by atoms with Crippen molar-refractivity contribution in [3.8, 4) is 0 Å². The molecule has 1 rings (SSSR count). The summed E-state index contributed by atoms with van der Waals surface area (Å²) in [6, 6.07) is 0.394. The third-order valence-corrected chi connectivity index (χ3v) is 2.48. The van der Waals surface area contributed by atoms with E-state index in [9.17, 15) is 0 Å². The molecule has 3 nitrogen and oxygen atoms in total. The van der Waals surface area contributed by atoms with Gasteiger partial charge < -0.3 is 15.8 Å². The van der Waals surface area contributed by atoms with Crippen LogP contribution in [0.2, 0.25) is 0 Å². The Morgan fingerprint density at radius 3 is 2.92 bits per heavy atom. The highest BCUT2D eigenvalue weighted by molar-refractivity contribution is 4.83. The lowest BCUT2D eigenvalue weighted by molar-refractivity contribution is 0.0193. The van der Waals surface area contributed by atoms with E-state index < -0.39 is 0 Å². The second kappa shape index (κ2) is 4.21. The SMILES string of the molecule is C[C@H](CN)NCC1(C)CCCO1. The molecule has 0 spiro atoms. The second-order valence-corrected chi connectivity index (χ2v) is 3.92. The number of nitrogens with one attached hydrogen (secondary N) is 1. The first-order valence-electron chi connectivity index (χ1n) is 4.74. The molecule has 2 atom stereocenters. The molecule has 0 aromatic carbocycles. The molecule has 3 heteroatoms. The van der Waals surface area contributed by atoms with Crippen LogP contribution in [-0.4, -0.2) is 31.3 Å². The van der Waals surface area contributed by atoms with Crippen molar-refractivity contribution < 1.29 is 4.74 Å². The van der Waals surface area contributed by atoms with Gasteiger partial charge in [-0.1, -0.05) is 0 Å². The van der Waals surface area contributed by atoms with Crippen molar-refractivity contribution >= 4 is 0 Å². The van der Waals surface area contributed by atoms with E-state index in [0.717, 1.165) is 19.6 Å². The van der Waals surface area contributed by atoms with E-state index in [0.29, 0.717) is 12.6 Å². The van der Waals surface area contributed by atoms with Gasteiger partial charge in [0.2, 0.25) is 0 Å². The van der Waals surface area contributed by atoms with Crippen LogP contribution in [0.1, 0.15) is 26.7 Å². The minimum atomic E-state index is 0.0590. The summed E-state index contributed by atoms with van der Waals surface area (Å²) in [5, 5.41) is 3.36. The maximum atomic E-state index is 5.63. The Bertz CT molecular complexity index is 132. The molecule has 1 unspecified atom stereocenters. The van der Waals surface area contributed by atoms with E-state index in [-0.39, 0.29) is 5.60 Å². The van der Waals surface area contributed by atoms with Gasteiger partial charge in [-0.25, -0.2) is 0 Å². The smallest absolute Gasteiger partial charge is 0.0779 e. The van der Waals surface area contributed by atoms with E-state index in [4.69, 9.17) is 10.5 Å². The zero-order chi connectivity index (χ0) is 9.03. The number of rotatable bonds is 4. The zero-order valence-corrected chi connectivity index (χ0v) is 8.10. The summed E-state index contributed by atoms with van der Waals surface area (Å²) >= 11 is 0. The molecule has 1 aliphatic rings. The summed E-state index contributed by atoms with van der Waals surface area (Å²) in [7, 11) is 0. The summed E-state index contributed by atoms with van der Waals surface area (Å²) in [5.41, 5.74) is 5.56. The molecule has 0 aromatic heterocycles. The minimum absolute atomic E-state index is 0.0590. The predicted molar refractivity (Wildman–Crippen MR) is 50.1 cm³/mol. The van der Waals surface area contributed by atoms with Crippen molar-refractivity contribution in [2.24, 2.45) is 5.73 Å². The monoisotopic (exact) mass is 172 g/mol. The molecule has 0 aromatic rings. The van der Waals surface area contributed by atoms with Gasteiger partial charge in [-0.2, -0.15) is 0 Å². The number of nitrogens with two attached hydrogens (primary N) is 1. The first-order valence-corrected chi connectivity index (χ1v) is 4.74. The first kappa shape index (κ1) is 9.96. The fraction of sp³-hybridized carbons (Fsp3) is 1.00. The van der Waals surface area contributed by atoms with Crippen LogP contribution in [0.4, 0.5) is 0 Å². The maximum absolute atomic E-state index is 5.63. The van der Waals surface area contributed by atoms with E-state index in [1.807, 2.05) is 0 Å². The lowest BCUT2D eigenvalue weighted by Gasteiger charge is -2.25. The van der Waals surface area contributed by atoms with Crippen LogP contribution in [0, 0.1) is 0 Å². The molecule has 0 amide bonds. The van der Waals surface area contributed by atoms with E-state index >= 15 is 0 Å². The van der Waals surface area contributed by atoms with Gasteiger partial charge in [0.15, 0.2) is 0 Å². The largest absolute Gasteiger partial charge is 0.374 e. The molecule has 1 heterocycles. The summed E-state index contributed by atoms with van der Waals surface area (Å²) in [5.74, 6) is 0. The normalized spacial score (nSPS) is 32.2. The highest BCUT2D eigenvalue weighted by atomic mass is 16.5. The molecular formula is C9H20N2O. The van der Waals surface area contributed by atoms with E-state index in [2.05, 4.69) is 19.2 Å². The molecule has 1 fully saturated rings. The molecule has 72 valence electrons. The van der Waals surface area contributed by atoms with E-state index in [1.165, 1.54) is 6.42 Å². The summed E-state index contributed by atoms with van der Waals surface area (Å²) in [6.45, 7) is 6.78. The number of hydrogen-bond acceptors (Lipinski definition) is 3. The minimum Gasteiger partial charge on any atom is -0.374 e. The quantitative estimate of drug-likeness (QED) is 0.649. The fourth-order valence-corrected chi connectivity index (χ4v) is 1.45. The van der Waals surface area contributed by atoms with E-state index in [1.54, 1.807) is 0 Å². The maximum Gasteiger partial charge on any atom is 0.0779 e. The Morgan fingerprint density at radius 1 is 1.67 bits per heavy atom. The topological polar surface area (TPSA) is 47.3 Å². The van der Waals surface area contributed by atoms with Gasteiger partial charge in [-0.05, 0) is 26.7 Å². The molecule has 0 saturated carbocycles. The van der Waals surface area contributed by atoms with Gasteiger partial charge in [0, 0.05) is 25.7 Å². The van der Waals surface area contributed by atoms with Gasteiger partial charge in [0.25, 0.3) is 0 Å². The molecule has 3 N–H and O–H groups in total. The Labute approximate surface area is 74.7 Å². The fourth-order valence-electron chi connectivity index (χ4n) is 1.45. The Balaban J connectivity index is 2.21. The van der Waals surface area contributed by atoms with Crippen LogP contribution >= 0.6 is 0 Å². The van der Waals surface area contributed by atoms with Crippen LogP contribution in [0.5, 0.6) is 0 Å². The summed E-state index contributed by atoms with van der Waals surface area (Å²) in [4.78, 5) is 0. The van der Waals surface area contributed by atoms with Crippen molar-refractivity contribution in [3.05, 3.63) is 0 Å². The number of ether oxygens (including phenoxy) is 1. The van der Waals surface area contributed by atoms with Gasteiger partial charge >= 0.3 is 0 Å². The lowest BCUT2D eigenvalue weighted by atomic mass is 10.0. The number of hydrogen-bond donors (Lipinski definition) is 2. The highest BCUT2D eigenvalue weighted by Gasteiger charge is 2.29. The average Bonchev–Trinajstić information content (AvgIpc) is 2.49.